The van der Waals surface area contributed by atoms with Gasteiger partial charge in [-0.2, -0.15) is 0 Å². The fourth-order valence-electron chi connectivity index (χ4n) is 3.65. The number of rotatable bonds is 1. The van der Waals surface area contributed by atoms with E-state index in [9.17, 15) is 4.79 Å². The van der Waals surface area contributed by atoms with Gasteiger partial charge in [-0.3, -0.25) is 4.79 Å². The van der Waals surface area contributed by atoms with E-state index in [1.54, 1.807) is 0 Å². The van der Waals surface area contributed by atoms with E-state index in [0.717, 1.165) is 36.0 Å². The van der Waals surface area contributed by atoms with Crippen LogP contribution in [0, 0.1) is 6.92 Å². The number of likely N-dealkylation sites (tertiary alicyclic amines) is 1. The summed E-state index contributed by atoms with van der Waals surface area (Å²) in [5.74, 6) is 0.548. The predicted octanol–water partition coefficient (Wildman–Crippen LogP) is 3.13. The molecule has 1 aromatic carbocycles. The van der Waals surface area contributed by atoms with Crippen molar-refractivity contribution in [2.75, 3.05) is 13.1 Å². The number of aryl methyl sites for hydroxylation is 1. The standard InChI is InChI=1S/C17H20N2O2.ClH/c1-11-14-4-2-3-5-15(14)21-16(11)17(20)19-9-8-12-6-7-13(10-19)18-12;/h2-5,12-13,18H,6-10H2,1H3;1H. The first-order valence-electron chi connectivity index (χ1n) is 7.76. The maximum Gasteiger partial charge on any atom is 0.289 e. The fourth-order valence-corrected chi connectivity index (χ4v) is 3.65. The molecule has 2 aromatic rings. The fraction of sp³-hybridized carbons (Fsp3) is 0.471. The van der Waals surface area contributed by atoms with Gasteiger partial charge in [-0.05, 0) is 32.3 Å². The summed E-state index contributed by atoms with van der Waals surface area (Å²) >= 11 is 0. The molecule has 2 aliphatic rings. The number of carbonyl (C=O) groups excluding carboxylic acids is 1. The van der Waals surface area contributed by atoms with Crippen molar-refractivity contribution < 1.29 is 9.21 Å². The van der Waals surface area contributed by atoms with Crippen LogP contribution in [-0.4, -0.2) is 36.0 Å². The highest BCUT2D eigenvalue weighted by Gasteiger charge is 2.33. The summed E-state index contributed by atoms with van der Waals surface area (Å²) in [5, 5.41) is 4.64. The van der Waals surface area contributed by atoms with E-state index < -0.39 is 0 Å². The van der Waals surface area contributed by atoms with Crippen LogP contribution in [0.4, 0.5) is 0 Å². The molecule has 2 bridgehead atoms. The number of carbonyl (C=O) groups is 1. The molecule has 0 radical (unpaired) electrons. The molecule has 1 amide bonds. The Morgan fingerprint density at radius 2 is 2.00 bits per heavy atom. The van der Waals surface area contributed by atoms with Crippen LogP contribution >= 0.6 is 12.4 Å². The maximum absolute atomic E-state index is 12.8. The molecule has 2 atom stereocenters. The Morgan fingerprint density at radius 3 is 2.82 bits per heavy atom. The van der Waals surface area contributed by atoms with Crippen molar-refractivity contribution in [3.8, 4) is 0 Å². The lowest BCUT2D eigenvalue weighted by Crippen LogP contribution is -2.39. The third-order valence-corrected chi connectivity index (χ3v) is 4.85. The van der Waals surface area contributed by atoms with Crippen molar-refractivity contribution in [3.63, 3.8) is 0 Å². The van der Waals surface area contributed by atoms with Crippen molar-refractivity contribution in [1.29, 1.82) is 0 Å². The number of hydrogen-bond donors (Lipinski definition) is 1. The first kappa shape index (κ1) is 15.4. The molecular weight excluding hydrogens is 300 g/mol. The smallest absolute Gasteiger partial charge is 0.289 e. The summed E-state index contributed by atoms with van der Waals surface area (Å²) in [5.41, 5.74) is 1.76. The summed E-state index contributed by atoms with van der Waals surface area (Å²) in [6, 6.07) is 8.89. The van der Waals surface area contributed by atoms with Gasteiger partial charge in [-0.25, -0.2) is 0 Å². The molecule has 0 saturated carbocycles. The van der Waals surface area contributed by atoms with Gasteiger partial charge in [0, 0.05) is 36.1 Å². The summed E-state index contributed by atoms with van der Waals surface area (Å²) in [7, 11) is 0. The molecule has 4 rings (SSSR count). The lowest BCUT2D eigenvalue weighted by Gasteiger charge is -2.23. The van der Waals surface area contributed by atoms with Crippen LogP contribution in [0.5, 0.6) is 0 Å². The van der Waals surface area contributed by atoms with E-state index in [-0.39, 0.29) is 18.3 Å². The quantitative estimate of drug-likeness (QED) is 0.878. The highest BCUT2D eigenvalue weighted by atomic mass is 35.5. The molecule has 2 unspecified atom stereocenters. The topological polar surface area (TPSA) is 45.5 Å². The second-order valence-corrected chi connectivity index (χ2v) is 6.23. The summed E-state index contributed by atoms with van der Waals surface area (Å²) in [6.45, 7) is 3.59. The normalized spacial score (nSPS) is 24.1. The average Bonchev–Trinajstić information content (AvgIpc) is 2.99. The van der Waals surface area contributed by atoms with Crippen LogP contribution in [0.3, 0.4) is 0 Å². The third-order valence-electron chi connectivity index (χ3n) is 4.85. The summed E-state index contributed by atoms with van der Waals surface area (Å²) in [6.07, 6.45) is 3.46. The van der Waals surface area contributed by atoms with Crippen LogP contribution in [0.15, 0.2) is 28.7 Å². The molecule has 22 heavy (non-hydrogen) atoms. The van der Waals surface area contributed by atoms with Crippen LogP contribution in [0.25, 0.3) is 11.0 Å². The summed E-state index contributed by atoms with van der Waals surface area (Å²) < 4.78 is 5.82. The number of hydrogen-bond acceptors (Lipinski definition) is 3. The molecule has 2 saturated heterocycles. The van der Waals surface area contributed by atoms with Gasteiger partial charge >= 0.3 is 0 Å². The molecule has 0 spiro atoms. The van der Waals surface area contributed by atoms with Gasteiger partial charge in [0.1, 0.15) is 5.58 Å². The van der Waals surface area contributed by atoms with Crippen LogP contribution in [0.2, 0.25) is 0 Å². The van der Waals surface area contributed by atoms with Crippen molar-refractivity contribution in [2.45, 2.75) is 38.3 Å². The highest BCUT2D eigenvalue weighted by Crippen LogP contribution is 2.27. The summed E-state index contributed by atoms with van der Waals surface area (Å²) in [4.78, 5) is 14.8. The monoisotopic (exact) mass is 320 g/mol. The Bertz CT molecular complexity index is 697. The van der Waals surface area contributed by atoms with E-state index in [2.05, 4.69) is 5.32 Å². The largest absolute Gasteiger partial charge is 0.451 e. The Hall–Kier alpha value is -1.52. The number of nitrogens with one attached hydrogen (secondary N) is 1. The van der Waals surface area contributed by atoms with Crippen molar-refractivity contribution >= 4 is 29.3 Å². The van der Waals surface area contributed by atoms with Crippen molar-refractivity contribution in [2.24, 2.45) is 0 Å². The minimum atomic E-state index is 0. The molecular formula is C17H21ClN2O2. The Kier molecular flexibility index (Phi) is 4.15. The van der Waals surface area contributed by atoms with Gasteiger partial charge in [0.05, 0.1) is 0 Å². The van der Waals surface area contributed by atoms with Gasteiger partial charge in [-0.1, -0.05) is 18.2 Å². The van der Waals surface area contributed by atoms with E-state index in [1.165, 1.54) is 12.8 Å². The number of fused-ring (bicyclic) bond motifs is 3. The zero-order chi connectivity index (χ0) is 14.4. The molecule has 3 heterocycles. The average molecular weight is 321 g/mol. The van der Waals surface area contributed by atoms with Crippen molar-refractivity contribution in [1.82, 2.24) is 10.2 Å². The Labute approximate surface area is 136 Å². The number of halogens is 1. The molecule has 2 aliphatic heterocycles. The van der Waals surface area contributed by atoms with Gasteiger partial charge < -0.3 is 14.6 Å². The highest BCUT2D eigenvalue weighted by molar-refractivity contribution is 5.98. The van der Waals surface area contributed by atoms with Gasteiger partial charge in [0.15, 0.2) is 5.76 Å². The molecule has 0 aliphatic carbocycles. The van der Waals surface area contributed by atoms with Gasteiger partial charge in [0.25, 0.3) is 5.91 Å². The lowest BCUT2D eigenvalue weighted by molar-refractivity contribution is 0.0717. The Balaban J connectivity index is 0.00000144. The second-order valence-electron chi connectivity index (χ2n) is 6.23. The molecule has 118 valence electrons. The van der Waals surface area contributed by atoms with E-state index >= 15 is 0 Å². The van der Waals surface area contributed by atoms with E-state index in [0.29, 0.717) is 17.8 Å². The van der Waals surface area contributed by atoms with Crippen LogP contribution < -0.4 is 5.32 Å². The van der Waals surface area contributed by atoms with Crippen molar-refractivity contribution in [3.05, 3.63) is 35.6 Å². The van der Waals surface area contributed by atoms with Gasteiger partial charge in [0.2, 0.25) is 0 Å². The minimum absolute atomic E-state index is 0. The number of amides is 1. The minimum Gasteiger partial charge on any atom is -0.451 e. The number of benzene rings is 1. The number of nitrogens with zero attached hydrogens (tertiary/aromatic N) is 1. The first-order chi connectivity index (χ1) is 10.2. The molecule has 2 fully saturated rings. The lowest BCUT2D eigenvalue weighted by atomic mass is 10.1. The van der Waals surface area contributed by atoms with Gasteiger partial charge in [-0.15, -0.1) is 12.4 Å². The SMILES string of the molecule is Cc1c(C(=O)N2CCC3CCC(C2)N3)oc2ccccc12.Cl. The number of para-hydroxylation sites is 1. The Morgan fingerprint density at radius 1 is 1.23 bits per heavy atom. The maximum atomic E-state index is 12.8. The molecule has 5 heteroatoms. The molecule has 1 N–H and O–H groups in total. The van der Waals surface area contributed by atoms with Crippen LogP contribution in [0.1, 0.15) is 35.4 Å². The zero-order valence-corrected chi connectivity index (χ0v) is 13.5. The predicted molar refractivity (Wildman–Crippen MR) is 88.7 cm³/mol. The van der Waals surface area contributed by atoms with E-state index in [1.807, 2.05) is 36.1 Å². The molecule has 1 aromatic heterocycles. The second kappa shape index (κ2) is 5.94. The zero-order valence-electron chi connectivity index (χ0n) is 12.7. The van der Waals surface area contributed by atoms with E-state index in [4.69, 9.17) is 4.42 Å². The number of furan rings is 1. The molecule has 4 nitrogen and oxygen atoms in total. The van der Waals surface area contributed by atoms with Crippen LogP contribution in [-0.2, 0) is 0 Å². The first-order valence-corrected chi connectivity index (χ1v) is 7.76. The third kappa shape index (κ3) is 2.50.